The summed E-state index contributed by atoms with van der Waals surface area (Å²) in [5.41, 5.74) is 5.55. The number of ether oxygens (including phenoxy) is 1. The minimum absolute atomic E-state index is 0.0655. The van der Waals surface area contributed by atoms with Crippen molar-refractivity contribution in [3.63, 3.8) is 0 Å². The summed E-state index contributed by atoms with van der Waals surface area (Å²) in [6.07, 6.45) is -4.64. The number of rotatable bonds is 7. The highest BCUT2D eigenvalue weighted by Gasteiger charge is 2.36. The van der Waals surface area contributed by atoms with Crippen molar-refractivity contribution in [2.45, 2.75) is 12.8 Å². The quantitative estimate of drug-likeness (QED) is 0.516. The zero-order valence-corrected chi connectivity index (χ0v) is 17.2. The lowest BCUT2D eigenvalue weighted by molar-refractivity contribution is -0.137. The van der Waals surface area contributed by atoms with Crippen molar-refractivity contribution in [1.82, 2.24) is 0 Å². The number of carbonyl (C=O) groups is 1. The first-order valence-corrected chi connectivity index (χ1v) is 9.83. The predicted octanol–water partition coefficient (Wildman–Crippen LogP) is 5.54. The summed E-state index contributed by atoms with van der Waals surface area (Å²) < 4.78 is 45.7. The van der Waals surface area contributed by atoms with Gasteiger partial charge < -0.3 is 15.4 Å². The standard InChI is InChI=1S/C23H20ClF3N2O2/c24-17-7-5-16(6-8-17)15-31-19-11-9-18(10-12-19)29(14-13-28)22(30)20-3-1-2-4-21(20)23(25,26)27/h1-12H,13-15,28H2. The van der Waals surface area contributed by atoms with Crippen LogP contribution in [0.1, 0.15) is 21.5 Å². The molecule has 1 amide bonds. The molecule has 0 radical (unpaired) electrons. The maximum Gasteiger partial charge on any atom is 0.417 e. The van der Waals surface area contributed by atoms with Gasteiger partial charge in [0.15, 0.2) is 0 Å². The van der Waals surface area contributed by atoms with Crippen LogP contribution in [0.5, 0.6) is 5.75 Å². The Labute approximate surface area is 183 Å². The molecule has 0 spiro atoms. The molecule has 3 rings (SSSR count). The summed E-state index contributed by atoms with van der Waals surface area (Å²) in [5, 5.41) is 0.630. The van der Waals surface area contributed by atoms with E-state index >= 15 is 0 Å². The van der Waals surface area contributed by atoms with Crippen molar-refractivity contribution in [2.75, 3.05) is 18.0 Å². The van der Waals surface area contributed by atoms with Crippen molar-refractivity contribution in [2.24, 2.45) is 5.73 Å². The third-order valence-corrected chi connectivity index (χ3v) is 4.78. The average Bonchev–Trinajstić information content (AvgIpc) is 2.76. The Kier molecular flexibility index (Phi) is 7.20. The number of carbonyl (C=O) groups excluding carboxylic acids is 1. The highest BCUT2D eigenvalue weighted by atomic mass is 35.5. The Bertz CT molecular complexity index is 1020. The van der Waals surface area contributed by atoms with Gasteiger partial charge in [0.25, 0.3) is 5.91 Å². The molecule has 0 fully saturated rings. The number of benzene rings is 3. The second kappa shape index (κ2) is 9.85. The molecule has 0 atom stereocenters. The summed E-state index contributed by atoms with van der Waals surface area (Å²) in [5.74, 6) is -0.220. The van der Waals surface area contributed by atoms with Gasteiger partial charge in [0, 0.05) is 23.8 Å². The van der Waals surface area contributed by atoms with E-state index in [1.54, 1.807) is 36.4 Å². The monoisotopic (exact) mass is 448 g/mol. The van der Waals surface area contributed by atoms with Crippen molar-refractivity contribution < 1.29 is 22.7 Å². The van der Waals surface area contributed by atoms with Gasteiger partial charge in [-0.05, 0) is 54.1 Å². The molecule has 0 aliphatic rings. The lowest BCUT2D eigenvalue weighted by atomic mass is 10.1. The highest BCUT2D eigenvalue weighted by Crippen LogP contribution is 2.33. The molecule has 0 aromatic heterocycles. The van der Waals surface area contributed by atoms with Crippen LogP contribution in [-0.2, 0) is 12.8 Å². The van der Waals surface area contributed by atoms with E-state index in [-0.39, 0.29) is 13.1 Å². The van der Waals surface area contributed by atoms with Crippen molar-refractivity contribution in [1.29, 1.82) is 0 Å². The number of hydrogen-bond acceptors (Lipinski definition) is 3. The fraction of sp³-hybridized carbons (Fsp3) is 0.174. The van der Waals surface area contributed by atoms with Crippen LogP contribution in [0.15, 0.2) is 72.8 Å². The largest absolute Gasteiger partial charge is 0.489 e. The number of halogens is 4. The minimum atomic E-state index is -4.64. The molecule has 3 aromatic rings. The lowest BCUT2D eigenvalue weighted by Gasteiger charge is -2.24. The molecule has 162 valence electrons. The molecule has 2 N–H and O–H groups in total. The normalized spacial score (nSPS) is 11.3. The van der Waals surface area contributed by atoms with E-state index < -0.39 is 23.2 Å². The Morgan fingerprint density at radius 2 is 1.61 bits per heavy atom. The predicted molar refractivity (Wildman–Crippen MR) is 114 cm³/mol. The molecule has 8 heteroatoms. The smallest absolute Gasteiger partial charge is 0.417 e. The first-order chi connectivity index (χ1) is 14.8. The van der Waals surface area contributed by atoms with E-state index in [1.807, 2.05) is 12.1 Å². The summed E-state index contributed by atoms with van der Waals surface area (Å²) in [6, 6.07) is 18.4. The molecule has 0 bridgehead atoms. The summed E-state index contributed by atoms with van der Waals surface area (Å²) in [4.78, 5) is 14.2. The zero-order valence-electron chi connectivity index (χ0n) is 16.4. The van der Waals surface area contributed by atoms with Crippen LogP contribution in [0.4, 0.5) is 18.9 Å². The van der Waals surface area contributed by atoms with Crippen LogP contribution in [0.25, 0.3) is 0 Å². The molecule has 31 heavy (non-hydrogen) atoms. The topological polar surface area (TPSA) is 55.6 Å². The number of alkyl halides is 3. The van der Waals surface area contributed by atoms with E-state index in [4.69, 9.17) is 22.1 Å². The van der Waals surface area contributed by atoms with Crippen LogP contribution in [0.3, 0.4) is 0 Å². The molecular formula is C23H20ClF3N2O2. The highest BCUT2D eigenvalue weighted by molar-refractivity contribution is 6.30. The van der Waals surface area contributed by atoms with E-state index in [0.29, 0.717) is 23.1 Å². The van der Waals surface area contributed by atoms with Crippen molar-refractivity contribution in [3.8, 4) is 5.75 Å². The number of nitrogens with two attached hydrogens (primary N) is 1. The van der Waals surface area contributed by atoms with Crippen molar-refractivity contribution in [3.05, 3.63) is 94.5 Å². The molecular weight excluding hydrogens is 429 g/mol. The summed E-state index contributed by atoms with van der Waals surface area (Å²) >= 11 is 5.86. The molecule has 0 unspecified atom stereocenters. The Morgan fingerprint density at radius 3 is 2.23 bits per heavy atom. The van der Waals surface area contributed by atoms with E-state index in [1.165, 1.54) is 17.0 Å². The lowest BCUT2D eigenvalue weighted by Crippen LogP contribution is -2.36. The molecule has 0 heterocycles. The van der Waals surface area contributed by atoms with Crippen LogP contribution >= 0.6 is 11.6 Å². The molecule has 0 aliphatic carbocycles. The van der Waals surface area contributed by atoms with Crippen LogP contribution in [0, 0.1) is 0 Å². The third-order valence-electron chi connectivity index (χ3n) is 4.53. The average molecular weight is 449 g/mol. The number of amides is 1. The molecule has 0 saturated carbocycles. The molecule has 0 aliphatic heterocycles. The third kappa shape index (κ3) is 5.77. The first-order valence-electron chi connectivity index (χ1n) is 9.45. The summed E-state index contributed by atoms with van der Waals surface area (Å²) in [7, 11) is 0. The Hall–Kier alpha value is -3.03. The van der Waals surface area contributed by atoms with Gasteiger partial charge in [-0.2, -0.15) is 13.2 Å². The van der Waals surface area contributed by atoms with Crippen LogP contribution < -0.4 is 15.4 Å². The van der Waals surface area contributed by atoms with E-state index in [0.717, 1.165) is 17.7 Å². The number of hydrogen-bond donors (Lipinski definition) is 1. The Morgan fingerprint density at radius 1 is 0.968 bits per heavy atom. The molecule has 0 saturated heterocycles. The van der Waals surface area contributed by atoms with Gasteiger partial charge in [0.2, 0.25) is 0 Å². The van der Waals surface area contributed by atoms with Crippen LogP contribution in [-0.4, -0.2) is 19.0 Å². The van der Waals surface area contributed by atoms with Gasteiger partial charge in [-0.15, -0.1) is 0 Å². The molecule has 4 nitrogen and oxygen atoms in total. The van der Waals surface area contributed by atoms with Gasteiger partial charge in [-0.1, -0.05) is 35.9 Å². The van der Waals surface area contributed by atoms with Crippen molar-refractivity contribution >= 4 is 23.2 Å². The van der Waals surface area contributed by atoms with Gasteiger partial charge >= 0.3 is 6.18 Å². The summed E-state index contributed by atoms with van der Waals surface area (Å²) in [6.45, 7) is 0.478. The maximum absolute atomic E-state index is 13.3. The first kappa shape index (κ1) is 22.7. The van der Waals surface area contributed by atoms with E-state index in [9.17, 15) is 18.0 Å². The van der Waals surface area contributed by atoms with Gasteiger partial charge in [0.05, 0.1) is 11.1 Å². The van der Waals surface area contributed by atoms with Crippen LogP contribution in [0.2, 0.25) is 5.02 Å². The van der Waals surface area contributed by atoms with Gasteiger partial charge in [0.1, 0.15) is 12.4 Å². The fourth-order valence-electron chi connectivity index (χ4n) is 3.01. The SMILES string of the molecule is NCCN(C(=O)c1ccccc1C(F)(F)F)c1ccc(OCc2ccc(Cl)cc2)cc1. The van der Waals surface area contributed by atoms with E-state index in [2.05, 4.69) is 0 Å². The van der Waals surface area contributed by atoms with Gasteiger partial charge in [-0.25, -0.2) is 0 Å². The maximum atomic E-state index is 13.3. The fourth-order valence-corrected chi connectivity index (χ4v) is 3.13. The number of anilines is 1. The minimum Gasteiger partial charge on any atom is -0.489 e. The second-order valence-corrected chi connectivity index (χ2v) is 7.13. The Balaban J connectivity index is 1.79. The molecule has 3 aromatic carbocycles. The zero-order chi connectivity index (χ0) is 22.4. The van der Waals surface area contributed by atoms with Gasteiger partial charge in [-0.3, -0.25) is 4.79 Å². The second-order valence-electron chi connectivity index (χ2n) is 6.70. The number of nitrogens with zero attached hydrogens (tertiary/aromatic N) is 1.